The molecule has 1 aliphatic carbocycles. The molecule has 0 saturated carbocycles. The van der Waals surface area contributed by atoms with Crippen molar-refractivity contribution in [3.8, 4) is 0 Å². The lowest BCUT2D eigenvalue weighted by Crippen LogP contribution is -1.98. The third-order valence-corrected chi connectivity index (χ3v) is 2.75. The quantitative estimate of drug-likeness (QED) is 0.549. The molecule has 0 spiro atoms. The van der Waals surface area contributed by atoms with Crippen LogP contribution >= 0.6 is 0 Å². The maximum absolute atomic E-state index is 4.39. The lowest BCUT2D eigenvalue weighted by molar-refractivity contribution is 0.526. The van der Waals surface area contributed by atoms with E-state index in [0.717, 1.165) is 5.92 Å². The number of fused-ring (bicyclic) bond motifs is 1. The van der Waals surface area contributed by atoms with Crippen LogP contribution in [0, 0.1) is 5.92 Å². The number of nitrogens with zero attached hydrogens (tertiary/aromatic N) is 1. The number of pyridine rings is 1. The van der Waals surface area contributed by atoms with Crippen molar-refractivity contribution in [3.05, 3.63) is 29.6 Å². The van der Waals surface area contributed by atoms with Crippen molar-refractivity contribution in [3.63, 3.8) is 0 Å². The summed E-state index contributed by atoms with van der Waals surface area (Å²) >= 11 is 0. The van der Waals surface area contributed by atoms with Gasteiger partial charge in [0.1, 0.15) is 0 Å². The molecule has 1 aliphatic rings. The molecule has 2 atom stereocenters. The molecule has 1 nitrogen and oxygen atoms in total. The largest absolute Gasteiger partial charge is 0.261 e. The van der Waals surface area contributed by atoms with E-state index >= 15 is 0 Å². The Bertz CT molecular complexity index is 267. The normalized spacial score (nSPS) is 28.5. The Kier molecular flexibility index (Phi) is 1.45. The van der Waals surface area contributed by atoms with Crippen LogP contribution in [0.25, 0.3) is 0 Å². The van der Waals surface area contributed by atoms with Crippen molar-refractivity contribution in [1.82, 2.24) is 4.98 Å². The molecule has 58 valence electrons. The van der Waals surface area contributed by atoms with Crippen LogP contribution in [0.1, 0.15) is 31.0 Å². The molecule has 0 amide bonds. The fraction of sp³-hybridized carbons (Fsp3) is 0.500. The molecule has 0 aromatic carbocycles. The maximum Gasteiger partial charge on any atom is 0.0466 e. The van der Waals surface area contributed by atoms with E-state index in [-0.39, 0.29) is 0 Å². The van der Waals surface area contributed by atoms with Gasteiger partial charge in [0.15, 0.2) is 0 Å². The van der Waals surface area contributed by atoms with Crippen LogP contribution in [0.2, 0.25) is 0 Å². The number of rotatable bonds is 0. The highest BCUT2D eigenvalue weighted by Gasteiger charge is 2.25. The summed E-state index contributed by atoms with van der Waals surface area (Å²) in [5.74, 6) is 1.44. The Morgan fingerprint density at radius 1 is 1.45 bits per heavy atom. The summed E-state index contributed by atoms with van der Waals surface area (Å²) in [6, 6.07) is 4.23. The number of hydrogen-bond acceptors (Lipinski definition) is 1. The van der Waals surface area contributed by atoms with Crippen molar-refractivity contribution in [1.29, 1.82) is 0 Å². The second-order valence-electron chi connectivity index (χ2n) is 3.52. The first kappa shape index (κ1) is 6.84. The van der Waals surface area contributed by atoms with Crippen molar-refractivity contribution in [2.45, 2.75) is 26.2 Å². The zero-order valence-corrected chi connectivity index (χ0v) is 7.04. The first-order valence-electron chi connectivity index (χ1n) is 4.23. The Morgan fingerprint density at radius 2 is 2.27 bits per heavy atom. The Morgan fingerprint density at radius 3 is 3.00 bits per heavy atom. The minimum Gasteiger partial charge on any atom is -0.261 e. The van der Waals surface area contributed by atoms with Gasteiger partial charge in [-0.05, 0) is 24.0 Å². The summed E-state index contributed by atoms with van der Waals surface area (Å²) < 4.78 is 0. The van der Waals surface area contributed by atoms with E-state index in [4.69, 9.17) is 0 Å². The minimum atomic E-state index is 0.659. The molecule has 2 rings (SSSR count). The standard InChI is InChI=1S/C10H13N/c1-7-6-9-4-3-5-11-10(9)8(7)2/h3-5,7-8H,6H2,1-2H3. The van der Waals surface area contributed by atoms with Gasteiger partial charge in [0, 0.05) is 17.8 Å². The minimum absolute atomic E-state index is 0.659. The molecule has 2 unspecified atom stereocenters. The topological polar surface area (TPSA) is 12.9 Å². The van der Waals surface area contributed by atoms with Crippen LogP contribution in [0.5, 0.6) is 0 Å². The molecule has 1 aromatic rings. The van der Waals surface area contributed by atoms with Gasteiger partial charge < -0.3 is 0 Å². The molecular formula is C10H13N. The molecule has 0 saturated heterocycles. The predicted molar refractivity (Wildman–Crippen MR) is 45.5 cm³/mol. The zero-order valence-electron chi connectivity index (χ0n) is 7.04. The average molecular weight is 147 g/mol. The van der Waals surface area contributed by atoms with Gasteiger partial charge in [-0.3, -0.25) is 4.98 Å². The second-order valence-corrected chi connectivity index (χ2v) is 3.52. The summed E-state index contributed by atoms with van der Waals surface area (Å²) in [4.78, 5) is 4.39. The fourth-order valence-electron chi connectivity index (χ4n) is 1.83. The molecule has 0 aliphatic heterocycles. The number of aromatic nitrogens is 1. The summed E-state index contributed by atoms with van der Waals surface area (Å²) in [6.45, 7) is 4.57. The van der Waals surface area contributed by atoms with Crippen LogP contribution in [-0.2, 0) is 6.42 Å². The summed E-state index contributed by atoms with van der Waals surface area (Å²) in [5, 5.41) is 0. The molecule has 0 N–H and O–H groups in total. The molecule has 0 radical (unpaired) electrons. The van der Waals surface area contributed by atoms with Gasteiger partial charge >= 0.3 is 0 Å². The van der Waals surface area contributed by atoms with Gasteiger partial charge in [-0.15, -0.1) is 0 Å². The van der Waals surface area contributed by atoms with Gasteiger partial charge in [-0.1, -0.05) is 19.9 Å². The zero-order chi connectivity index (χ0) is 7.84. The van der Waals surface area contributed by atoms with Crippen LogP contribution in [0.3, 0.4) is 0 Å². The predicted octanol–water partition coefficient (Wildman–Crippen LogP) is 2.38. The molecular weight excluding hydrogens is 134 g/mol. The fourth-order valence-corrected chi connectivity index (χ4v) is 1.83. The van der Waals surface area contributed by atoms with Crippen LogP contribution in [0.15, 0.2) is 18.3 Å². The van der Waals surface area contributed by atoms with E-state index in [1.54, 1.807) is 0 Å². The maximum atomic E-state index is 4.39. The Labute approximate surface area is 67.5 Å². The Hall–Kier alpha value is -0.850. The highest BCUT2D eigenvalue weighted by molar-refractivity contribution is 5.29. The smallest absolute Gasteiger partial charge is 0.0466 e. The highest BCUT2D eigenvalue weighted by atomic mass is 14.7. The molecule has 1 heteroatoms. The molecule has 1 heterocycles. The first-order chi connectivity index (χ1) is 5.29. The summed E-state index contributed by atoms with van der Waals surface area (Å²) in [7, 11) is 0. The Balaban J connectivity index is 2.47. The lowest BCUT2D eigenvalue weighted by Gasteiger charge is -2.07. The van der Waals surface area contributed by atoms with E-state index in [1.807, 2.05) is 12.3 Å². The third-order valence-electron chi connectivity index (χ3n) is 2.75. The van der Waals surface area contributed by atoms with Gasteiger partial charge in [0.2, 0.25) is 0 Å². The van der Waals surface area contributed by atoms with Gasteiger partial charge in [-0.25, -0.2) is 0 Å². The van der Waals surface area contributed by atoms with Crippen molar-refractivity contribution >= 4 is 0 Å². The van der Waals surface area contributed by atoms with Crippen LogP contribution in [0.4, 0.5) is 0 Å². The SMILES string of the molecule is CC1Cc2cccnc2C1C. The van der Waals surface area contributed by atoms with Crippen molar-refractivity contribution < 1.29 is 0 Å². The average Bonchev–Trinajstić information content (AvgIpc) is 2.30. The van der Waals surface area contributed by atoms with Crippen LogP contribution < -0.4 is 0 Å². The van der Waals surface area contributed by atoms with Gasteiger partial charge in [0.25, 0.3) is 0 Å². The monoisotopic (exact) mass is 147 g/mol. The first-order valence-corrected chi connectivity index (χ1v) is 4.23. The second kappa shape index (κ2) is 2.33. The lowest BCUT2D eigenvalue weighted by atomic mass is 9.99. The van der Waals surface area contributed by atoms with Crippen molar-refractivity contribution in [2.75, 3.05) is 0 Å². The van der Waals surface area contributed by atoms with E-state index in [0.29, 0.717) is 5.92 Å². The molecule has 0 fully saturated rings. The molecule has 0 bridgehead atoms. The molecule has 11 heavy (non-hydrogen) atoms. The van der Waals surface area contributed by atoms with Crippen molar-refractivity contribution in [2.24, 2.45) is 5.92 Å². The molecule has 1 aromatic heterocycles. The van der Waals surface area contributed by atoms with Gasteiger partial charge in [0.05, 0.1) is 0 Å². The van der Waals surface area contributed by atoms with Crippen LogP contribution in [-0.4, -0.2) is 4.98 Å². The third kappa shape index (κ3) is 0.953. The summed E-state index contributed by atoms with van der Waals surface area (Å²) in [6.07, 6.45) is 3.11. The summed E-state index contributed by atoms with van der Waals surface area (Å²) in [5.41, 5.74) is 2.77. The number of hydrogen-bond donors (Lipinski definition) is 0. The van der Waals surface area contributed by atoms with E-state index in [2.05, 4.69) is 24.9 Å². The van der Waals surface area contributed by atoms with Gasteiger partial charge in [-0.2, -0.15) is 0 Å². The highest BCUT2D eigenvalue weighted by Crippen LogP contribution is 2.35. The van der Waals surface area contributed by atoms with E-state index in [1.165, 1.54) is 17.7 Å². The van der Waals surface area contributed by atoms with E-state index in [9.17, 15) is 0 Å². The van der Waals surface area contributed by atoms with E-state index < -0.39 is 0 Å².